The van der Waals surface area contributed by atoms with E-state index < -0.39 is 22.1 Å². The maximum Gasteiger partial charge on any atom is 0.474 e. The average molecular weight is 524 g/mol. The molecule has 3 saturated carbocycles. The van der Waals surface area contributed by atoms with Crippen LogP contribution < -0.4 is 0 Å². The van der Waals surface area contributed by atoms with Gasteiger partial charge in [-0.3, -0.25) is 4.79 Å². The number of rotatable bonds is 9. The first kappa shape index (κ1) is 29.4. The second-order valence-corrected chi connectivity index (χ2v) is 25.7. The highest BCUT2D eigenvalue weighted by molar-refractivity contribution is 6.90. The Balaban J connectivity index is 1.80. The van der Waals surface area contributed by atoms with Crippen molar-refractivity contribution in [1.82, 2.24) is 4.23 Å². The van der Waals surface area contributed by atoms with Crippen LogP contribution in [0.4, 0.5) is 0 Å². The Kier molecular flexibility index (Phi) is 8.02. The molecule has 4 aliphatic rings. The van der Waals surface area contributed by atoms with E-state index in [-0.39, 0.29) is 36.7 Å². The summed E-state index contributed by atoms with van der Waals surface area (Å²) in [5.41, 5.74) is -0.274. The number of hydrogen-bond acceptors (Lipinski definition) is 5. The summed E-state index contributed by atoms with van der Waals surface area (Å²) < 4.78 is 22.4. The molecule has 2 unspecified atom stereocenters. The minimum atomic E-state index is -1.65. The summed E-state index contributed by atoms with van der Waals surface area (Å²) in [6, 6.07) is 0. The Morgan fingerprint density at radius 3 is 2.11 bits per heavy atom. The largest absolute Gasteiger partial charge is 0.474 e. The number of ether oxygens (including phenoxy) is 1. The van der Waals surface area contributed by atoms with Crippen LogP contribution in [0, 0.1) is 23.2 Å². The topological polar surface area (TPSA) is 48.0 Å². The van der Waals surface area contributed by atoms with Crippen molar-refractivity contribution in [2.24, 2.45) is 23.2 Å². The number of nitrogens with zero attached hydrogens (tertiary/aromatic N) is 1. The number of carbonyl (C=O) groups is 1. The maximum absolute atomic E-state index is 12.5. The molecule has 1 heterocycles. The molecule has 6 atom stereocenters. The molecule has 0 aromatic rings. The predicted molar refractivity (Wildman–Crippen MR) is 151 cm³/mol. The monoisotopic (exact) mass is 523 g/mol. The summed E-state index contributed by atoms with van der Waals surface area (Å²) in [5.74, 6) is 1.73. The van der Waals surface area contributed by atoms with Crippen molar-refractivity contribution < 1.29 is 18.8 Å². The van der Waals surface area contributed by atoms with Gasteiger partial charge in [0.2, 0.25) is 0 Å². The predicted octanol–water partition coefficient (Wildman–Crippen LogP) is 6.74. The SMILES string of the molecule is CC(CCC(B1O[C@@H]2C[C@@H]3C[C@@H](C3(C)C)[C@]2(C)O1)N([Si](C)(C)C)[Si](C)(C)C)CC(=O)OC(C)(C)C. The minimum Gasteiger partial charge on any atom is -0.460 e. The Bertz CT molecular complexity index is 774. The average Bonchev–Trinajstić information content (AvgIpc) is 2.97. The second-order valence-electron chi connectivity index (χ2n) is 15.6. The van der Waals surface area contributed by atoms with E-state index in [4.69, 9.17) is 14.0 Å². The van der Waals surface area contributed by atoms with Crippen LogP contribution in [0.2, 0.25) is 39.3 Å². The highest BCUT2D eigenvalue weighted by Crippen LogP contribution is 2.66. The molecule has 202 valence electrons. The lowest BCUT2D eigenvalue weighted by Gasteiger charge is -2.64. The third-order valence-corrected chi connectivity index (χ3v) is 16.5. The van der Waals surface area contributed by atoms with Crippen LogP contribution in [-0.2, 0) is 18.8 Å². The molecule has 0 spiro atoms. The van der Waals surface area contributed by atoms with Crippen molar-refractivity contribution >= 4 is 29.6 Å². The lowest BCUT2D eigenvalue weighted by Crippen LogP contribution is -2.67. The van der Waals surface area contributed by atoms with E-state index in [1.54, 1.807) is 0 Å². The summed E-state index contributed by atoms with van der Waals surface area (Å²) in [4.78, 5) is 12.5. The van der Waals surface area contributed by atoms with Gasteiger partial charge in [0.1, 0.15) is 22.1 Å². The highest BCUT2D eigenvalue weighted by Gasteiger charge is 2.69. The molecule has 1 aliphatic heterocycles. The van der Waals surface area contributed by atoms with E-state index in [0.717, 1.165) is 25.2 Å². The maximum atomic E-state index is 12.5. The van der Waals surface area contributed by atoms with E-state index >= 15 is 0 Å². The third kappa shape index (κ3) is 6.13. The van der Waals surface area contributed by atoms with Gasteiger partial charge in [-0.05, 0) is 76.5 Å². The van der Waals surface area contributed by atoms with Gasteiger partial charge in [-0.25, -0.2) is 0 Å². The van der Waals surface area contributed by atoms with Crippen LogP contribution >= 0.6 is 0 Å². The van der Waals surface area contributed by atoms with E-state index in [9.17, 15) is 4.79 Å². The van der Waals surface area contributed by atoms with Crippen molar-refractivity contribution in [1.29, 1.82) is 0 Å². The number of hydrogen-bond donors (Lipinski definition) is 0. The first-order chi connectivity index (χ1) is 15.7. The molecule has 4 rings (SSSR count). The fourth-order valence-electron chi connectivity index (χ4n) is 7.68. The zero-order valence-electron chi connectivity index (χ0n) is 25.1. The van der Waals surface area contributed by atoms with Crippen molar-refractivity contribution in [2.45, 2.75) is 143 Å². The van der Waals surface area contributed by atoms with Crippen molar-refractivity contribution in [3.05, 3.63) is 0 Å². The molecular weight excluding hydrogens is 469 g/mol. The van der Waals surface area contributed by atoms with Gasteiger partial charge in [0.15, 0.2) is 0 Å². The summed E-state index contributed by atoms with van der Waals surface area (Å²) in [7, 11) is -3.49. The van der Waals surface area contributed by atoms with Crippen LogP contribution in [0.25, 0.3) is 0 Å². The van der Waals surface area contributed by atoms with Crippen LogP contribution in [0.5, 0.6) is 0 Å². The van der Waals surface area contributed by atoms with E-state index in [0.29, 0.717) is 17.8 Å². The summed E-state index contributed by atoms with van der Waals surface area (Å²) in [5, 5.41) is 0. The summed E-state index contributed by atoms with van der Waals surface area (Å²) in [6.07, 6.45) is 5.03. The fraction of sp³-hybridized carbons (Fsp3) is 0.963. The Morgan fingerprint density at radius 2 is 1.63 bits per heavy atom. The highest BCUT2D eigenvalue weighted by atomic mass is 28.4. The smallest absolute Gasteiger partial charge is 0.460 e. The zero-order chi connectivity index (χ0) is 26.8. The summed E-state index contributed by atoms with van der Waals surface area (Å²) >= 11 is 0. The number of esters is 1. The van der Waals surface area contributed by atoms with Crippen LogP contribution in [0.15, 0.2) is 0 Å². The Morgan fingerprint density at radius 1 is 1.06 bits per heavy atom. The van der Waals surface area contributed by atoms with Gasteiger partial charge in [-0.2, -0.15) is 0 Å². The molecule has 3 aliphatic carbocycles. The molecular formula is C27H54BNO4Si2. The van der Waals surface area contributed by atoms with E-state index in [1.165, 1.54) is 6.42 Å². The normalized spacial score (nSPS) is 32.2. The molecule has 0 amide bonds. The molecule has 5 nitrogen and oxygen atoms in total. The van der Waals surface area contributed by atoms with Gasteiger partial charge >= 0.3 is 13.1 Å². The minimum absolute atomic E-state index is 0.0947. The molecule has 1 saturated heterocycles. The van der Waals surface area contributed by atoms with Crippen molar-refractivity contribution in [2.75, 3.05) is 0 Å². The molecule has 0 N–H and O–H groups in total. The van der Waals surface area contributed by atoms with Crippen LogP contribution in [0.1, 0.15) is 80.6 Å². The van der Waals surface area contributed by atoms with E-state index in [2.05, 4.69) is 71.2 Å². The van der Waals surface area contributed by atoms with Gasteiger partial charge in [0.05, 0.1) is 11.7 Å². The van der Waals surface area contributed by atoms with Gasteiger partial charge < -0.3 is 18.3 Å². The van der Waals surface area contributed by atoms with Crippen LogP contribution in [0.3, 0.4) is 0 Å². The van der Waals surface area contributed by atoms with Gasteiger partial charge in [-0.15, -0.1) is 0 Å². The first-order valence-corrected chi connectivity index (χ1v) is 20.9. The third-order valence-electron chi connectivity index (χ3n) is 8.95. The quantitative estimate of drug-likeness (QED) is 0.247. The Labute approximate surface area is 218 Å². The van der Waals surface area contributed by atoms with E-state index in [1.807, 2.05) is 20.8 Å². The molecule has 35 heavy (non-hydrogen) atoms. The first-order valence-electron chi connectivity index (χ1n) is 14.0. The second kappa shape index (κ2) is 9.55. The lowest BCUT2D eigenvalue weighted by molar-refractivity contribution is -0.199. The van der Waals surface area contributed by atoms with Crippen molar-refractivity contribution in [3.8, 4) is 0 Å². The molecule has 0 aromatic heterocycles. The van der Waals surface area contributed by atoms with Crippen LogP contribution in [-0.4, -0.2) is 57.0 Å². The number of carbonyl (C=O) groups excluding carboxylic acids is 1. The standard InChI is InChI=1S/C27H54BNO4Si2/c1-19(16-24(30)31-25(2,3)4)14-15-23(29(34(8,9)10)35(11,12)13)28-32-22-18-20-17-21(26(20,5)6)27(22,7)33-28/h19-23H,14-18H2,1-13H3/t19?,20-,21-,22+,23?,27-/m0/s1. The Hall–Kier alpha value is -0.151. The van der Waals surface area contributed by atoms with Gasteiger partial charge in [0.25, 0.3) is 0 Å². The lowest BCUT2D eigenvalue weighted by atomic mass is 9.43. The van der Waals surface area contributed by atoms with Gasteiger partial charge in [-0.1, -0.05) is 60.1 Å². The molecule has 0 aromatic carbocycles. The molecule has 0 radical (unpaired) electrons. The summed E-state index contributed by atoms with van der Waals surface area (Å²) in [6.45, 7) is 30.0. The molecule has 4 fully saturated rings. The van der Waals surface area contributed by atoms with Gasteiger partial charge in [0, 0.05) is 12.4 Å². The van der Waals surface area contributed by atoms with Crippen molar-refractivity contribution in [3.63, 3.8) is 0 Å². The molecule has 8 heteroatoms. The zero-order valence-corrected chi connectivity index (χ0v) is 27.1. The fourth-order valence-corrected chi connectivity index (χ4v) is 18.2. The molecule has 2 bridgehead atoms.